The molecule has 1 N–H and O–H groups in total. The Bertz CT molecular complexity index is 420. The summed E-state index contributed by atoms with van der Waals surface area (Å²) in [6.45, 7) is 7.21. The van der Waals surface area contributed by atoms with Crippen molar-refractivity contribution in [3.8, 4) is 0 Å². The smallest absolute Gasteiger partial charge is 0.272 e. The lowest BCUT2D eigenvalue weighted by Crippen LogP contribution is -2.52. The normalized spacial score (nSPS) is 17.5. The van der Waals surface area contributed by atoms with E-state index in [0.29, 0.717) is 25.3 Å². The number of pyridine rings is 1. The Labute approximate surface area is 113 Å². The van der Waals surface area contributed by atoms with Crippen LogP contribution in [0, 0.1) is 0 Å². The van der Waals surface area contributed by atoms with E-state index < -0.39 is 5.60 Å². The van der Waals surface area contributed by atoms with E-state index in [1.807, 2.05) is 11.0 Å². The van der Waals surface area contributed by atoms with Gasteiger partial charge in [0.1, 0.15) is 5.69 Å². The molecule has 1 aromatic rings. The molecule has 0 atom stereocenters. The molecule has 104 valence electrons. The predicted octanol–water partition coefficient (Wildman–Crippen LogP) is 0.610. The van der Waals surface area contributed by atoms with Gasteiger partial charge in [-0.2, -0.15) is 0 Å². The number of aliphatic hydroxyl groups is 1. The molecule has 0 aromatic carbocycles. The first-order valence-corrected chi connectivity index (χ1v) is 6.61. The highest BCUT2D eigenvalue weighted by Gasteiger charge is 2.25. The maximum Gasteiger partial charge on any atom is 0.272 e. The molecule has 0 aliphatic carbocycles. The molecule has 1 saturated heterocycles. The number of β-amino-alcohol motifs (C(OH)–C–C–N with tert-alkyl or cyclic N) is 1. The molecular weight excluding hydrogens is 242 g/mol. The third-order valence-corrected chi connectivity index (χ3v) is 3.15. The molecule has 19 heavy (non-hydrogen) atoms. The van der Waals surface area contributed by atoms with Crippen molar-refractivity contribution < 1.29 is 9.90 Å². The van der Waals surface area contributed by atoms with Crippen molar-refractivity contribution in [3.05, 3.63) is 30.1 Å². The molecule has 1 fully saturated rings. The van der Waals surface area contributed by atoms with E-state index in [1.54, 1.807) is 32.2 Å². The van der Waals surface area contributed by atoms with Gasteiger partial charge in [-0.1, -0.05) is 6.07 Å². The molecule has 1 amide bonds. The SMILES string of the molecule is CC(C)(O)CN1CCN(C(=O)c2ccccn2)CC1. The van der Waals surface area contributed by atoms with Crippen LogP contribution in [0.15, 0.2) is 24.4 Å². The van der Waals surface area contributed by atoms with Gasteiger partial charge in [0, 0.05) is 38.9 Å². The molecule has 2 heterocycles. The third kappa shape index (κ3) is 4.01. The van der Waals surface area contributed by atoms with Crippen LogP contribution in [0.3, 0.4) is 0 Å². The largest absolute Gasteiger partial charge is 0.389 e. The van der Waals surface area contributed by atoms with Gasteiger partial charge in [-0.05, 0) is 26.0 Å². The van der Waals surface area contributed by atoms with E-state index in [2.05, 4.69) is 9.88 Å². The van der Waals surface area contributed by atoms with E-state index in [-0.39, 0.29) is 5.91 Å². The molecule has 0 bridgehead atoms. The number of nitrogens with zero attached hydrogens (tertiary/aromatic N) is 3. The molecule has 1 aromatic heterocycles. The molecule has 5 nitrogen and oxygen atoms in total. The van der Waals surface area contributed by atoms with Crippen LogP contribution in [0.4, 0.5) is 0 Å². The number of amides is 1. The summed E-state index contributed by atoms with van der Waals surface area (Å²) in [5.74, 6) is -0.0106. The van der Waals surface area contributed by atoms with Crippen molar-refractivity contribution in [2.45, 2.75) is 19.4 Å². The second-order valence-electron chi connectivity index (χ2n) is 5.60. The highest BCUT2D eigenvalue weighted by atomic mass is 16.3. The Kier molecular flexibility index (Phi) is 4.17. The van der Waals surface area contributed by atoms with Gasteiger partial charge in [0.05, 0.1) is 5.60 Å². The van der Waals surface area contributed by atoms with Crippen LogP contribution < -0.4 is 0 Å². The predicted molar refractivity (Wildman–Crippen MR) is 72.9 cm³/mol. The van der Waals surface area contributed by atoms with Crippen molar-refractivity contribution in [3.63, 3.8) is 0 Å². The van der Waals surface area contributed by atoms with Gasteiger partial charge in [-0.25, -0.2) is 0 Å². The first kappa shape index (κ1) is 14.0. The van der Waals surface area contributed by atoms with Gasteiger partial charge in [0.25, 0.3) is 5.91 Å². The number of carbonyl (C=O) groups is 1. The summed E-state index contributed by atoms with van der Waals surface area (Å²) in [5.41, 5.74) is -0.189. The van der Waals surface area contributed by atoms with Gasteiger partial charge in [0.15, 0.2) is 0 Å². The van der Waals surface area contributed by atoms with E-state index in [9.17, 15) is 9.90 Å². The summed E-state index contributed by atoms with van der Waals surface area (Å²) in [6.07, 6.45) is 1.64. The zero-order valence-electron chi connectivity index (χ0n) is 11.5. The number of hydrogen-bond acceptors (Lipinski definition) is 4. The summed E-state index contributed by atoms with van der Waals surface area (Å²) in [5, 5.41) is 9.79. The van der Waals surface area contributed by atoms with Crippen LogP contribution in [0.2, 0.25) is 0 Å². The lowest BCUT2D eigenvalue weighted by molar-refractivity contribution is 0.0177. The van der Waals surface area contributed by atoms with Crippen molar-refractivity contribution in [1.82, 2.24) is 14.8 Å². The molecule has 0 unspecified atom stereocenters. The number of hydrogen-bond donors (Lipinski definition) is 1. The molecule has 5 heteroatoms. The van der Waals surface area contributed by atoms with E-state index in [0.717, 1.165) is 13.1 Å². The van der Waals surface area contributed by atoms with Crippen molar-refractivity contribution >= 4 is 5.91 Å². The summed E-state index contributed by atoms with van der Waals surface area (Å²) < 4.78 is 0. The maximum atomic E-state index is 12.2. The lowest BCUT2D eigenvalue weighted by atomic mass is 10.1. The van der Waals surface area contributed by atoms with Crippen molar-refractivity contribution in [2.75, 3.05) is 32.7 Å². The highest BCUT2D eigenvalue weighted by Crippen LogP contribution is 2.10. The number of rotatable bonds is 3. The van der Waals surface area contributed by atoms with Crippen LogP contribution in [-0.4, -0.2) is 64.1 Å². The molecule has 1 aliphatic rings. The zero-order chi connectivity index (χ0) is 13.9. The molecule has 1 aliphatic heterocycles. The Hall–Kier alpha value is -1.46. The summed E-state index contributed by atoms with van der Waals surface area (Å²) in [4.78, 5) is 20.3. The highest BCUT2D eigenvalue weighted by molar-refractivity contribution is 5.92. The monoisotopic (exact) mass is 263 g/mol. The van der Waals surface area contributed by atoms with Crippen molar-refractivity contribution in [1.29, 1.82) is 0 Å². The molecular formula is C14H21N3O2. The van der Waals surface area contributed by atoms with E-state index in [4.69, 9.17) is 0 Å². The summed E-state index contributed by atoms with van der Waals surface area (Å²) in [6, 6.07) is 5.37. The van der Waals surface area contributed by atoms with Gasteiger partial charge >= 0.3 is 0 Å². The van der Waals surface area contributed by atoms with Gasteiger partial charge in [-0.15, -0.1) is 0 Å². The standard InChI is InChI=1S/C14H21N3O2/c1-14(2,19)11-16-7-9-17(10-8-16)13(18)12-5-3-4-6-15-12/h3-6,19H,7-11H2,1-2H3. The van der Waals surface area contributed by atoms with Gasteiger partial charge in [-0.3, -0.25) is 14.7 Å². The first-order chi connectivity index (χ1) is 8.96. The Balaban J connectivity index is 1.88. The Morgan fingerprint density at radius 1 is 1.32 bits per heavy atom. The molecule has 0 saturated carbocycles. The average molecular weight is 263 g/mol. The van der Waals surface area contributed by atoms with Crippen LogP contribution in [-0.2, 0) is 0 Å². The minimum absolute atomic E-state index is 0.0106. The van der Waals surface area contributed by atoms with Gasteiger partial charge in [0.2, 0.25) is 0 Å². The zero-order valence-corrected chi connectivity index (χ0v) is 11.5. The third-order valence-electron chi connectivity index (χ3n) is 3.15. The first-order valence-electron chi connectivity index (χ1n) is 6.61. The quantitative estimate of drug-likeness (QED) is 0.868. The van der Waals surface area contributed by atoms with Crippen LogP contribution in [0.25, 0.3) is 0 Å². The molecule has 0 spiro atoms. The van der Waals surface area contributed by atoms with Crippen LogP contribution in [0.1, 0.15) is 24.3 Å². The molecule has 2 rings (SSSR count). The number of aromatic nitrogens is 1. The fourth-order valence-electron chi connectivity index (χ4n) is 2.31. The summed E-state index contributed by atoms with van der Waals surface area (Å²) in [7, 11) is 0. The topological polar surface area (TPSA) is 56.7 Å². The minimum Gasteiger partial charge on any atom is -0.389 e. The maximum absolute atomic E-state index is 12.2. The summed E-state index contributed by atoms with van der Waals surface area (Å²) >= 11 is 0. The van der Waals surface area contributed by atoms with Gasteiger partial charge < -0.3 is 10.0 Å². The van der Waals surface area contributed by atoms with E-state index >= 15 is 0 Å². The lowest BCUT2D eigenvalue weighted by Gasteiger charge is -2.37. The Morgan fingerprint density at radius 2 is 2.00 bits per heavy atom. The second kappa shape index (κ2) is 5.67. The van der Waals surface area contributed by atoms with Crippen LogP contribution >= 0.6 is 0 Å². The average Bonchev–Trinajstić information content (AvgIpc) is 2.38. The fourth-order valence-corrected chi connectivity index (χ4v) is 2.31. The Morgan fingerprint density at radius 3 is 2.53 bits per heavy atom. The second-order valence-corrected chi connectivity index (χ2v) is 5.60. The molecule has 0 radical (unpaired) electrons. The fraction of sp³-hybridized carbons (Fsp3) is 0.571. The number of carbonyl (C=O) groups excluding carboxylic acids is 1. The van der Waals surface area contributed by atoms with Crippen LogP contribution in [0.5, 0.6) is 0 Å². The van der Waals surface area contributed by atoms with Crippen molar-refractivity contribution in [2.24, 2.45) is 0 Å². The van der Waals surface area contributed by atoms with E-state index in [1.165, 1.54) is 0 Å². The number of piperazine rings is 1. The minimum atomic E-state index is -0.687.